The first-order valence-corrected chi connectivity index (χ1v) is 13.0. The number of benzene rings is 1. The highest BCUT2D eigenvalue weighted by molar-refractivity contribution is 5.92. The van der Waals surface area contributed by atoms with Crippen molar-refractivity contribution >= 4 is 22.7 Å². The van der Waals surface area contributed by atoms with Crippen LogP contribution >= 0.6 is 0 Å². The lowest BCUT2D eigenvalue weighted by molar-refractivity contribution is -0.139. The smallest absolute Gasteiger partial charge is 0.242 e. The molecule has 1 unspecified atom stereocenters. The monoisotopic (exact) mass is 488 g/mol. The van der Waals surface area contributed by atoms with Crippen molar-refractivity contribution in [1.29, 1.82) is 0 Å². The van der Waals surface area contributed by atoms with Crippen molar-refractivity contribution in [1.82, 2.24) is 19.8 Å². The predicted octanol–water partition coefficient (Wildman–Crippen LogP) is 4.27. The summed E-state index contributed by atoms with van der Waals surface area (Å²) < 4.78 is 0. The van der Waals surface area contributed by atoms with Gasteiger partial charge in [-0.25, -0.2) is 0 Å². The summed E-state index contributed by atoms with van der Waals surface area (Å²) in [6.07, 6.45) is 1.29. The van der Waals surface area contributed by atoms with Crippen LogP contribution in [0.4, 0.5) is 0 Å². The Morgan fingerprint density at radius 3 is 2.44 bits per heavy atom. The third-order valence-electron chi connectivity index (χ3n) is 7.65. The number of carbonyl (C=O) groups is 2. The van der Waals surface area contributed by atoms with E-state index in [0.717, 1.165) is 29.7 Å². The Bertz CT molecular complexity index is 1280. The number of hydrogen-bond donors (Lipinski definition) is 2. The van der Waals surface area contributed by atoms with Crippen molar-refractivity contribution in [3.05, 3.63) is 52.8 Å². The first-order valence-electron chi connectivity index (χ1n) is 13.0. The van der Waals surface area contributed by atoms with E-state index < -0.39 is 6.10 Å². The van der Waals surface area contributed by atoms with Crippen LogP contribution in [0.5, 0.6) is 0 Å². The minimum absolute atomic E-state index is 0.0216. The Labute approximate surface area is 212 Å². The van der Waals surface area contributed by atoms with Gasteiger partial charge in [-0.3, -0.25) is 14.6 Å². The predicted molar refractivity (Wildman–Crippen MR) is 141 cm³/mol. The molecule has 0 aliphatic carbocycles. The molecule has 0 radical (unpaired) electrons. The van der Waals surface area contributed by atoms with Crippen LogP contribution in [0.1, 0.15) is 67.5 Å². The molecule has 3 aromatic rings. The molecule has 0 saturated carbocycles. The number of hydrogen-bond acceptors (Lipinski definition) is 4. The third-order valence-corrected chi connectivity index (χ3v) is 7.65. The fourth-order valence-electron chi connectivity index (χ4n) is 5.92. The minimum Gasteiger partial charge on any atom is -0.391 e. The molecule has 2 saturated heterocycles. The van der Waals surface area contributed by atoms with Gasteiger partial charge in [0.15, 0.2) is 0 Å². The molecule has 4 heterocycles. The number of aliphatic hydroxyl groups excluding tert-OH is 1. The first-order chi connectivity index (χ1) is 17.2. The average Bonchev–Trinajstić information content (AvgIpc) is 3.37. The van der Waals surface area contributed by atoms with E-state index in [0.29, 0.717) is 24.9 Å². The van der Waals surface area contributed by atoms with Crippen LogP contribution in [0, 0.1) is 13.8 Å². The van der Waals surface area contributed by atoms with E-state index in [1.54, 1.807) is 0 Å². The van der Waals surface area contributed by atoms with E-state index in [1.807, 2.05) is 18.7 Å². The van der Waals surface area contributed by atoms with Gasteiger partial charge in [0.05, 0.1) is 24.8 Å². The standard InChI is InChI=1S/C29H36N4O3/c1-17(2)28-24-13-21(5-6-25(24)31-29(28)22-11-18(3)30-19(4)12-22)20-7-9-32(10-8-20)27(36)16-33-15-23(34)14-26(33)35/h5-6,11-13,17,20,23,31,34H,7-10,14-16H2,1-4H3. The van der Waals surface area contributed by atoms with Crippen LogP contribution in [-0.4, -0.2) is 69.0 Å². The molecule has 2 aromatic heterocycles. The molecule has 0 bridgehead atoms. The van der Waals surface area contributed by atoms with Gasteiger partial charge in [0.2, 0.25) is 11.8 Å². The molecular formula is C29H36N4O3. The number of rotatable bonds is 5. The number of aromatic nitrogens is 2. The summed E-state index contributed by atoms with van der Waals surface area (Å²) in [7, 11) is 0. The number of aromatic amines is 1. The maximum absolute atomic E-state index is 12.8. The van der Waals surface area contributed by atoms with E-state index in [2.05, 4.69) is 54.1 Å². The molecule has 1 atom stereocenters. The summed E-state index contributed by atoms with van der Waals surface area (Å²) >= 11 is 0. The Kier molecular flexibility index (Phi) is 6.60. The van der Waals surface area contributed by atoms with Crippen LogP contribution in [0.25, 0.3) is 22.2 Å². The molecule has 2 amide bonds. The Balaban J connectivity index is 1.34. The van der Waals surface area contributed by atoms with Crippen molar-refractivity contribution < 1.29 is 14.7 Å². The number of pyridine rings is 1. The van der Waals surface area contributed by atoms with Gasteiger partial charge < -0.3 is 19.9 Å². The lowest BCUT2D eigenvalue weighted by Gasteiger charge is -2.33. The summed E-state index contributed by atoms with van der Waals surface area (Å²) in [5.74, 6) is 0.608. The van der Waals surface area contributed by atoms with Gasteiger partial charge in [0, 0.05) is 47.5 Å². The number of H-pyrrole nitrogens is 1. The van der Waals surface area contributed by atoms with Gasteiger partial charge in [-0.1, -0.05) is 19.9 Å². The molecule has 2 aliphatic rings. The fraction of sp³-hybridized carbons (Fsp3) is 0.483. The van der Waals surface area contributed by atoms with E-state index in [4.69, 9.17) is 0 Å². The highest BCUT2D eigenvalue weighted by Crippen LogP contribution is 2.38. The summed E-state index contributed by atoms with van der Waals surface area (Å²) in [6, 6.07) is 11.1. The number of β-amino-alcohol motifs (C(OH)–C–C–N with tert-alkyl or cyclic N) is 1. The molecule has 7 heteroatoms. The van der Waals surface area contributed by atoms with Gasteiger partial charge in [0.1, 0.15) is 0 Å². The summed E-state index contributed by atoms with van der Waals surface area (Å²) in [5, 5.41) is 11.0. The second kappa shape index (κ2) is 9.69. The van der Waals surface area contributed by atoms with Gasteiger partial charge in [-0.15, -0.1) is 0 Å². The molecule has 2 aliphatic heterocycles. The maximum atomic E-state index is 12.8. The van der Waals surface area contributed by atoms with E-state index >= 15 is 0 Å². The molecular weight excluding hydrogens is 452 g/mol. The van der Waals surface area contributed by atoms with Gasteiger partial charge >= 0.3 is 0 Å². The van der Waals surface area contributed by atoms with E-state index in [-0.39, 0.29) is 31.3 Å². The van der Waals surface area contributed by atoms with Crippen molar-refractivity contribution in [3.8, 4) is 11.3 Å². The van der Waals surface area contributed by atoms with Crippen molar-refractivity contribution in [3.63, 3.8) is 0 Å². The highest BCUT2D eigenvalue weighted by atomic mass is 16.3. The number of aliphatic hydroxyl groups is 1. The normalized spacial score (nSPS) is 19.2. The van der Waals surface area contributed by atoms with Gasteiger partial charge in [0.25, 0.3) is 0 Å². The molecule has 1 aromatic carbocycles. The SMILES string of the molecule is Cc1cc(-c2[nH]c3ccc(C4CCN(C(=O)CN5CC(O)CC5=O)CC4)cc3c2C(C)C)cc(C)n1. The van der Waals surface area contributed by atoms with E-state index in [9.17, 15) is 14.7 Å². The molecule has 5 rings (SSSR count). The second-order valence-corrected chi connectivity index (χ2v) is 10.8. The topological polar surface area (TPSA) is 89.5 Å². The lowest BCUT2D eigenvalue weighted by Crippen LogP contribution is -2.44. The average molecular weight is 489 g/mol. The number of fused-ring (bicyclic) bond motifs is 1. The van der Waals surface area contributed by atoms with E-state index in [1.165, 1.54) is 32.7 Å². The molecule has 0 spiro atoms. The van der Waals surface area contributed by atoms with Gasteiger partial charge in [-0.05, 0) is 73.9 Å². The van der Waals surface area contributed by atoms with Crippen molar-refractivity contribution in [2.24, 2.45) is 0 Å². The van der Waals surface area contributed by atoms with Crippen LogP contribution in [0.2, 0.25) is 0 Å². The lowest BCUT2D eigenvalue weighted by atomic mass is 9.87. The first kappa shape index (κ1) is 24.5. The fourth-order valence-corrected chi connectivity index (χ4v) is 5.92. The summed E-state index contributed by atoms with van der Waals surface area (Å²) in [6.45, 7) is 10.3. The van der Waals surface area contributed by atoms with Gasteiger partial charge in [-0.2, -0.15) is 0 Å². The molecule has 190 valence electrons. The molecule has 7 nitrogen and oxygen atoms in total. The zero-order valence-electron chi connectivity index (χ0n) is 21.7. The number of nitrogens with one attached hydrogen (secondary N) is 1. The molecule has 36 heavy (non-hydrogen) atoms. The Morgan fingerprint density at radius 1 is 1.14 bits per heavy atom. The minimum atomic E-state index is -0.651. The largest absolute Gasteiger partial charge is 0.391 e. The summed E-state index contributed by atoms with van der Waals surface area (Å²) in [5.41, 5.74) is 8.19. The maximum Gasteiger partial charge on any atom is 0.242 e. The number of likely N-dealkylation sites (tertiary alicyclic amines) is 2. The zero-order valence-corrected chi connectivity index (χ0v) is 21.7. The highest BCUT2D eigenvalue weighted by Gasteiger charge is 2.32. The Morgan fingerprint density at radius 2 is 1.83 bits per heavy atom. The number of piperidine rings is 1. The molecule has 2 N–H and O–H groups in total. The second-order valence-electron chi connectivity index (χ2n) is 10.8. The van der Waals surface area contributed by atoms with Crippen LogP contribution in [0.15, 0.2) is 30.3 Å². The molecule has 2 fully saturated rings. The van der Waals surface area contributed by atoms with Crippen molar-refractivity contribution in [2.45, 2.75) is 64.9 Å². The van der Waals surface area contributed by atoms with Crippen LogP contribution in [0.3, 0.4) is 0 Å². The quantitative estimate of drug-likeness (QED) is 0.561. The third kappa shape index (κ3) is 4.76. The zero-order chi connectivity index (χ0) is 25.6. The van der Waals surface area contributed by atoms with Crippen LogP contribution < -0.4 is 0 Å². The number of amides is 2. The number of nitrogens with zero attached hydrogens (tertiary/aromatic N) is 3. The van der Waals surface area contributed by atoms with Crippen LogP contribution in [-0.2, 0) is 9.59 Å². The Hall–Kier alpha value is -3.19. The number of aryl methyl sites for hydroxylation is 2. The van der Waals surface area contributed by atoms with Crippen molar-refractivity contribution in [2.75, 3.05) is 26.2 Å². The number of carbonyl (C=O) groups excluding carboxylic acids is 2. The summed E-state index contributed by atoms with van der Waals surface area (Å²) in [4.78, 5) is 36.3.